The van der Waals surface area contributed by atoms with E-state index in [0.717, 1.165) is 12.1 Å². The zero-order chi connectivity index (χ0) is 15.2. The highest BCUT2D eigenvalue weighted by Gasteiger charge is 2.30. The van der Waals surface area contributed by atoms with Crippen LogP contribution >= 0.6 is 15.9 Å². The zero-order valence-electron chi connectivity index (χ0n) is 10.3. The number of aromatic amines is 1. The summed E-state index contributed by atoms with van der Waals surface area (Å²) in [6, 6.07) is 7.63. The fourth-order valence-corrected chi connectivity index (χ4v) is 2.21. The first-order valence-electron chi connectivity index (χ1n) is 5.87. The van der Waals surface area contributed by atoms with Crippen molar-refractivity contribution in [3.8, 4) is 11.4 Å². The Morgan fingerprint density at radius 3 is 2.48 bits per heavy atom. The molecule has 0 unspecified atom stereocenters. The fourth-order valence-electron chi connectivity index (χ4n) is 1.97. The quantitative estimate of drug-likeness (QED) is 0.598. The molecule has 0 aliphatic rings. The van der Waals surface area contributed by atoms with Gasteiger partial charge in [0.05, 0.1) is 21.1 Å². The van der Waals surface area contributed by atoms with Crippen LogP contribution in [0.5, 0.6) is 0 Å². The summed E-state index contributed by atoms with van der Waals surface area (Å²) in [5.41, 5.74) is 0.345. The van der Waals surface area contributed by atoms with Gasteiger partial charge in [-0.15, -0.1) is 0 Å². The van der Waals surface area contributed by atoms with Gasteiger partial charge in [0.2, 0.25) is 0 Å². The monoisotopic (exact) mass is 358 g/mol. The number of H-pyrrole nitrogens is 1. The summed E-state index contributed by atoms with van der Waals surface area (Å²) in [5, 5.41) is 0. The lowest BCUT2D eigenvalue weighted by Gasteiger charge is -2.05. The molecule has 0 saturated carbocycles. The average molecular weight is 359 g/mol. The van der Waals surface area contributed by atoms with Gasteiger partial charge in [0.1, 0.15) is 11.6 Å². The summed E-state index contributed by atoms with van der Waals surface area (Å²) in [4.78, 5) is 6.95. The van der Waals surface area contributed by atoms with Gasteiger partial charge >= 0.3 is 6.18 Å². The van der Waals surface area contributed by atoms with Crippen molar-refractivity contribution >= 4 is 27.0 Å². The van der Waals surface area contributed by atoms with Crippen molar-refractivity contribution in [2.75, 3.05) is 0 Å². The molecule has 2 nitrogen and oxygen atoms in total. The maximum atomic E-state index is 13.5. The molecule has 0 amide bonds. The van der Waals surface area contributed by atoms with E-state index in [4.69, 9.17) is 0 Å². The van der Waals surface area contributed by atoms with Crippen LogP contribution in [0.25, 0.3) is 22.4 Å². The molecular weight excluding hydrogens is 352 g/mol. The van der Waals surface area contributed by atoms with E-state index in [2.05, 4.69) is 25.9 Å². The van der Waals surface area contributed by atoms with Crippen LogP contribution in [0.1, 0.15) is 5.56 Å². The fraction of sp³-hybridized carbons (Fsp3) is 0.0714. The van der Waals surface area contributed by atoms with Crippen molar-refractivity contribution in [3.63, 3.8) is 0 Å². The molecule has 1 N–H and O–H groups in total. The van der Waals surface area contributed by atoms with E-state index in [1.165, 1.54) is 18.2 Å². The Morgan fingerprint density at radius 1 is 1.05 bits per heavy atom. The second kappa shape index (κ2) is 4.84. The zero-order valence-corrected chi connectivity index (χ0v) is 11.9. The van der Waals surface area contributed by atoms with Crippen molar-refractivity contribution in [1.82, 2.24) is 9.97 Å². The second-order valence-electron chi connectivity index (χ2n) is 4.44. The number of nitrogens with zero attached hydrogens (tertiary/aromatic N) is 1. The Hall–Kier alpha value is -1.89. The molecule has 3 rings (SSSR count). The van der Waals surface area contributed by atoms with Gasteiger partial charge in [0.25, 0.3) is 0 Å². The minimum Gasteiger partial charge on any atom is -0.338 e. The summed E-state index contributed by atoms with van der Waals surface area (Å²) in [7, 11) is 0. The Morgan fingerprint density at radius 2 is 1.81 bits per heavy atom. The Kier molecular flexibility index (Phi) is 3.24. The predicted molar refractivity (Wildman–Crippen MR) is 74.2 cm³/mol. The van der Waals surface area contributed by atoms with Crippen molar-refractivity contribution in [2.24, 2.45) is 0 Å². The third kappa shape index (κ3) is 2.65. The molecule has 3 aromatic rings. The summed E-state index contributed by atoms with van der Waals surface area (Å²) in [5.74, 6) is -0.153. The molecule has 0 radical (unpaired) electrons. The predicted octanol–water partition coefficient (Wildman–Crippen LogP) is 5.15. The van der Waals surface area contributed by atoms with Gasteiger partial charge in [-0.25, -0.2) is 9.37 Å². The van der Waals surface area contributed by atoms with Crippen LogP contribution in [0.4, 0.5) is 17.6 Å². The van der Waals surface area contributed by atoms with Crippen molar-refractivity contribution in [2.45, 2.75) is 6.18 Å². The lowest BCUT2D eigenvalue weighted by Crippen LogP contribution is -2.04. The number of rotatable bonds is 1. The van der Waals surface area contributed by atoms with E-state index in [0.29, 0.717) is 21.4 Å². The first-order chi connectivity index (χ1) is 9.84. The van der Waals surface area contributed by atoms with Gasteiger partial charge < -0.3 is 4.98 Å². The van der Waals surface area contributed by atoms with Gasteiger partial charge in [0.15, 0.2) is 0 Å². The van der Waals surface area contributed by atoms with Gasteiger partial charge in [-0.3, -0.25) is 0 Å². The van der Waals surface area contributed by atoms with E-state index in [-0.39, 0.29) is 5.52 Å². The summed E-state index contributed by atoms with van der Waals surface area (Å²) in [6.07, 6.45) is -4.41. The number of benzene rings is 2. The highest BCUT2D eigenvalue weighted by Crippen LogP contribution is 2.32. The first-order valence-corrected chi connectivity index (χ1v) is 6.66. The molecular formula is C14H7BrF4N2. The van der Waals surface area contributed by atoms with Crippen LogP contribution in [0, 0.1) is 5.82 Å². The Bertz CT molecular complexity index is 823. The van der Waals surface area contributed by atoms with Crippen LogP contribution < -0.4 is 0 Å². The lowest BCUT2D eigenvalue weighted by atomic mass is 10.2. The van der Waals surface area contributed by atoms with Crippen molar-refractivity contribution < 1.29 is 17.6 Å². The smallest absolute Gasteiger partial charge is 0.338 e. The molecule has 0 spiro atoms. The maximum absolute atomic E-state index is 13.5. The molecule has 0 saturated heterocycles. The number of alkyl halides is 3. The van der Waals surface area contributed by atoms with Crippen LogP contribution in [0.15, 0.2) is 40.9 Å². The topological polar surface area (TPSA) is 28.7 Å². The summed E-state index contributed by atoms with van der Waals surface area (Å²) >= 11 is 3.04. The second-order valence-corrected chi connectivity index (χ2v) is 5.30. The average Bonchev–Trinajstić information content (AvgIpc) is 2.83. The number of hydrogen-bond donors (Lipinski definition) is 1. The Labute approximate surface area is 124 Å². The summed E-state index contributed by atoms with van der Waals surface area (Å²) < 4.78 is 51.8. The number of aromatic nitrogens is 2. The highest BCUT2D eigenvalue weighted by atomic mass is 79.9. The summed E-state index contributed by atoms with van der Waals surface area (Å²) in [6.45, 7) is 0. The van der Waals surface area contributed by atoms with Crippen molar-refractivity contribution in [1.29, 1.82) is 0 Å². The van der Waals surface area contributed by atoms with Gasteiger partial charge in [-0.1, -0.05) is 0 Å². The molecule has 0 aliphatic carbocycles. The standard InChI is InChI=1S/C14H7BrF4N2/c15-9-3-1-7(5-10(9)16)13-20-11-4-2-8(14(17,18)19)6-12(11)21-13/h1-6H,(H,20,21). The number of imidazole rings is 1. The Balaban J connectivity index is 2.10. The van der Waals surface area contributed by atoms with Crippen LogP contribution in [-0.4, -0.2) is 9.97 Å². The number of nitrogens with one attached hydrogen (secondary N) is 1. The van der Waals surface area contributed by atoms with Crippen LogP contribution in [-0.2, 0) is 6.18 Å². The molecule has 1 aromatic heterocycles. The molecule has 0 bridgehead atoms. The van der Waals surface area contributed by atoms with E-state index in [1.54, 1.807) is 6.07 Å². The van der Waals surface area contributed by atoms with Crippen molar-refractivity contribution in [3.05, 3.63) is 52.3 Å². The lowest BCUT2D eigenvalue weighted by molar-refractivity contribution is -0.137. The third-order valence-corrected chi connectivity index (χ3v) is 3.65. The third-order valence-electron chi connectivity index (χ3n) is 3.00. The molecule has 2 aromatic carbocycles. The molecule has 1 heterocycles. The minimum absolute atomic E-state index is 0.253. The maximum Gasteiger partial charge on any atom is 0.416 e. The molecule has 21 heavy (non-hydrogen) atoms. The largest absolute Gasteiger partial charge is 0.416 e. The number of halogens is 5. The van der Waals surface area contributed by atoms with Gasteiger partial charge in [0, 0.05) is 5.56 Å². The van der Waals surface area contributed by atoms with Crippen LogP contribution in [0.3, 0.4) is 0 Å². The van der Waals surface area contributed by atoms with E-state index in [9.17, 15) is 17.6 Å². The van der Waals surface area contributed by atoms with Gasteiger partial charge in [-0.05, 0) is 52.3 Å². The van der Waals surface area contributed by atoms with E-state index >= 15 is 0 Å². The van der Waals surface area contributed by atoms with Crippen LogP contribution in [0.2, 0.25) is 0 Å². The van der Waals surface area contributed by atoms with E-state index in [1.807, 2.05) is 0 Å². The molecule has 7 heteroatoms. The number of fused-ring (bicyclic) bond motifs is 1. The first kappa shape index (κ1) is 14.1. The molecule has 0 fully saturated rings. The molecule has 0 aliphatic heterocycles. The van der Waals surface area contributed by atoms with E-state index < -0.39 is 17.6 Å². The molecule has 0 atom stereocenters. The number of hydrogen-bond acceptors (Lipinski definition) is 1. The highest BCUT2D eigenvalue weighted by molar-refractivity contribution is 9.10. The molecule has 108 valence electrons. The normalized spacial score (nSPS) is 12.0. The van der Waals surface area contributed by atoms with Gasteiger partial charge in [-0.2, -0.15) is 13.2 Å². The minimum atomic E-state index is -4.41. The SMILES string of the molecule is Fc1cc(-c2nc3ccc(C(F)(F)F)cc3[nH]2)ccc1Br.